The smallest absolute Gasteiger partial charge is 0.315 e. The fourth-order valence-corrected chi connectivity index (χ4v) is 3.20. The molecule has 2 aromatic rings. The van der Waals surface area contributed by atoms with Crippen LogP contribution in [0.1, 0.15) is 23.8 Å². The van der Waals surface area contributed by atoms with Crippen molar-refractivity contribution >= 4 is 29.1 Å². The Labute approximate surface area is 131 Å². The monoisotopic (exact) mass is 326 g/mol. The highest BCUT2D eigenvalue weighted by Crippen LogP contribution is 2.20. The second kappa shape index (κ2) is 8.04. The van der Waals surface area contributed by atoms with Gasteiger partial charge in [0.25, 0.3) is 0 Å². The van der Waals surface area contributed by atoms with E-state index in [1.54, 1.807) is 29.3 Å². The van der Waals surface area contributed by atoms with Crippen LogP contribution in [0.15, 0.2) is 20.3 Å². The molecule has 2 heterocycles. The first-order chi connectivity index (χ1) is 10.1. The molecule has 2 amide bonds. The molecular weight excluding hydrogens is 308 g/mol. The molecule has 0 aliphatic rings. The van der Waals surface area contributed by atoms with Crippen LogP contribution in [0, 0.1) is 13.8 Å². The molecule has 8 heteroatoms. The van der Waals surface area contributed by atoms with Gasteiger partial charge in [0.2, 0.25) is 5.89 Å². The Morgan fingerprint density at radius 2 is 2.29 bits per heavy atom. The van der Waals surface area contributed by atoms with Gasteiger partial charge < -0.3 is 15.1 Å². The van der Waals surface area contributed by atoms with Gasteiger partial charge in [-0.15, -0.1) is 11.3 Å². The first kappa shape index (κ1) is 15.8. The number of hydrogen-bond donors (Lipinski definition) is 2. The zero-order valence-corrected chi connectivity index (χ0v) is 13.6. The molecule has 0 radical (unpaired) electrons. The highest BCUT2D eigenvalue weighted by molar-refractivity contribution is 8.00. The van der Waals surface area contributed by atoms with Crippen LogP contribution in [0.5, 0.6) is 0 Å². The van der Waals surface area contributed by atoms with Crippen molar-refractivity contribution in [3.8, 4) is 0 Å². The Morgan fingerprint density at radius 3 is 2.95 bits per heavy atom. The molecule has 114 valence electrons. The van der Waals surface area contributed by atoms with Crippen LogP contribution in [0.4, 0.5) is 4.79 Å². The van der Waals surface area contributed by atoms with Gasteiger partial charge in [-0.25, -0.2) is 14.8 Å². The second-order valence-electron chi connectivity index (χ2n) is 4.36. The summed E-state index contributed by atoms with van der Waals surface area (Å²) in [4.78, 5) is 20.0. The Kier molecular flexibility index (Phi) is 6.06. The van der Waals surface area contributed by atoms with E-state index in [9.17, 15) is 4.79 Å². The molecule has 21 heavy (non-hydrogen) atoms. The molecule has 2 aromatic heterocycles. The summed E-state index contributed by atoms with van der Waals surface area (Å²) in [6, 6.07) is -0.206. The first-order valence-electron chi connectivity index (χ1n) is 6.62. The van der Waals surface area contributed by atoms with Gasteiger partial charge in [0.1, 0.15) is 10.1 Å². The van der Waals surface area contributed by atoms with Gasteiger partial charge in [-0.2, -0.15) is 0 Å². The number of hydrogen-bond acceptors (Lipinski definition) is 6. The molecule has 0 aliphatic carbocycles. The molecule has 0 aliphatic heterocycles. The fourth-order valence-electron chi connectivity index (χ4n) is 1.55. The zero-order valence-electron chi connectivity index (χ0n) is 12.0. The molecule has 0 atom stereocenters. The summed E-state index contributed by atoms with van der Waals surface area (Å²) in [5.74, 6) is 2.25. The molecule has 0 saturated heterocycles. The van der Waals surface area contributed by atoms with Gasteiger partial charge in [-0.3, -0.25) is 0 Å². The lowest BCUT2D eigenvalue weighted by atomic mass is 10.4. The summed E-state index contributed by atoms with van der Waals surface area (Å²) >= 11 is 3.33. The van der Waals surface area contributed by atoms with Gasteiger partial charge in [0, 0.05) is 23.9 Å². The number of aromatic nitrogens is 2. The summed E-state index contributed by atoms with van der Waals surface area (Å²) in [5, 5.41) is 7.48. The van der Waals surface area contributed by atoms with E-state index < -0.39 is 0 Å². The minimum atomic E-state index is -0.206. The maximum atomic E-state index is 11.6. The third-order valence-electron chi connectivity index (χ3n) is 2.71. The van der Waals surface area contributed by atoms with E-state index in [0.29, 0.717) is 19.0 Å². The van der Waals surface area contributed by atoms with Gasteiger partial charge in [0.05, 0.1) is 12.2 Å². The SMILES string of the molecule is Cc1nc(CNC(=O)NCCCSc2nccs2)oc1C. The van der Waals surface area contributed by atoms with Crippen molar-refractivity contribution in [3.63, 3.8) is 0 Å². The average molecular weight is 326 g/mol. The number of carbonyl (C=O) groups is 1. The van der Waals surface area contributed by atoms with Crippen LogP contribution in [-0.4, -0.2) is 28.3 Å². The molecule has 0 bridgehead atoms. The predicted octanol–water partition coefficient (Wildman–Crippen LogP) is 2.73. The third kappa shape index (κ3) is 5.39. The highest BCUT2D eigenvalue weighted by Gasteiger charge is 2.07. The van der Waals surface area contributed by atoms with Crippen molar-refractivity contribution in [2.24, 2.45) is 0 Å². The lowest BCUT2D eigenvalue weighted by Crippen LogP contribution is -2.35. The van der Waals surface area contributed by atoms with E-state index in [1.807, 2.05) is 19.2 Å². The summed E-state index contributed by atoms with van der Waals surface area (Å²) in [5.41, 5.74) is 0.853. The van der Waals surface area contributed by atoms with Crippen LogP contribution < -0.4 is 10.6 Å². The molecule has 0 fully saturated rings. The zero-order chi connectivity index (χ0) is 15.1. The van der Waals surface area contributed by atoms with Crippen LogP contribution in [0.3, 0.4) is 0 Å². The molecular formula is C13H18N4O2S2. The van der Waals surface area contributed by atoms with Crippen LogP contribution in [0.25, 0.3) is 0 Å². The number of urea groups is 1. The van der Waals surface area contributed by atoms with E-state index in [-0.39, 0.29) is 6.03 Å². The topological polar surface area (TPSA) is 80.0 Å². The Balaban J connectivity index is 1.55. The van der Waals surface area contributed by atoms with Gasteiger partial charge in [0.15, 0.2) is 0 Å². The summed E-state index contributed by atoms with van der Waals surface area (Å²) < 4.78 is 6.45. The molecule has 0 spiro atoms. The fraction of sp³-hybridized carbons (Fsp3) is 0.462. The number of aryl methyl sites for hydroxylation is 2. The summed E-state index contributed by atoms with van der Waals surface area (Å²) in [6.07, 6.45) is 2.69. The van der Waals surface area contributed by atoms with E-state index in [0.717, 1.165) is 28.0 Å². The number of carbonyl (C=O) groups excluding carboxylic acids is 1. The third-order valence-corrected chi connectivity index (χ3v) is 4.77. The number of thiazole rings is 1. The van der Waals surface area contributed by atoms with Crippen LogP contribution in [0.2, 0.25) is 0 Å². The second-order valence-corrected chi connectivity index (χ2v) is 6.60. The normalized spacial score (nSPS) is 10.6. The molecule has 2 N–H and O–H groups in total. The van der Waals surface area contributed by atoms with Crippen molar-refractivity contribution in [3.05, 3.63) is 28.9 Å². The number of nitrogens with zero attached hydrogens (tertiary/aromatic N) is 2. The average Bonchev–Trinajstić information content (AvgIpc) is 3.07. The van der Waals surface area contributed by atoms with Crippen molar-refractivity contribution in [2.45, 2.75) is 31.2 Å². The van der Waals surface area contributed by atoms with Crippen LogP contribution in [-0.2, 0) is 6.54 Å². The van der Waals surface area contributed by atoms with Crippen molar-refractivity contribution in [2.75, 3.05) is 12.3 Å². The molecule has 0 saturated carbocycles. The van der Waals surface area contributed by atoms with Gasteiger partial charge in [-0.1, -0.05) is 11.8 Å². The largest absolute Gasteiger partial charge is 0.444 e. The number of rotatable bonds is 7. The molecule has 6 nitrogen and oxygen atoms in total. The Bertz CT molecular complexity index is 549. The summed E-state index contributed by atoms with van der Waals surface area (Å²) in [6.45, 7) is 4.66. The van der Waals surface area contributed by atoms with E-state index >= 15 is 0 Å². The number of nitrogens with one attached hydrogen (secondary N) is 2. The van der Waals surface area contributed by atoms with Gasteiger partial charge >= 0.3 is 6.03 Å². The minimum Gasteiger partial charge on any atom is -0.444 e. The van der Waals surface area contributed by atoms with Crippen molar-refractivity contribution in [1.82, 2.24) is 20.6 Å². The lowest BCUT2D eigenvalue weighted by Gasteiger charge is -2.05. The van der Waals surface area contributed by atoms with E-state index in [2.05, 4.69) is 20.6 Å². The van der Waals surface area contributed by atoms with Crippen LogP contribution >= 0.6 is 23.1 Å². The number of amides is 2. The standard InChI is InChI=1S/C13H18N4O2S2/c1-9-10(2)19-11(17-9)8-16-12(18)14-4-3-6-20-13-15-5-7-21-13/h5,7H,3-4,6,8H2,1-2H3,(H2,14,16,18). The summed E-state index contributed by atoms with van der Waals surface area (Å²) in [7, 11) is 0. The highest BCUT2D eigenvalue weighted by atomic mass is 32.2. The van der Waals surface area contributed by atoms with Gasteiger partial charge in [-0.05, 0) is 20.3 Å². The van der Waals surface area contributed by atoms with E-state index in [4.69, 9.17) is 4.42 Å². The quantitative estimate of drug-likeness (QED) is 0.604. The van der Waals surface area contributed by atoms with E-state index in [1.165, 1.54) is 0 Å². The first-order valence-corrected chi connectivity index (χ1v) is 8.48. The minimum absolute atomic E-state index is 0.206. The predicted molar refractivity (Wildman–Crippen MR) is 83.7 cm³/mol. The number of thioether (sulfide) groups is 1. The Morgan fingerprint density at radius 1 is 1.43 bits per heavy atom. The maximum absolute atomic E-state index is 11.6. The molecule has 0 unspecified atom stereocenters. The molecule has 2 rings (SSSR count). The Hall–Kier alpha value is -1.54. The maximum Gasteiger partial charge on any atom is 0.315 e. The molecule has 0 aromatic carbocycles. The lowest BCUT2D eigenvalue weighted by molar-refractivity contribution is 0.239. The van der Waals surface area contributed by atoms with Crippen molar-refractivity contribution < 1.29 is 9.21 Å². The number of oxazole rings is 1. The van der Waals surface area contributed by atoms with Crippen molar-refractivity contribution in [1.29, 1.82) is 0 Å².